The van der Waals surface area contributed by atoms with Crippen LogP contribution in [-0.4, -0.2) is 11.5 Å². The Kier molecular flexibility index (Phi) is 3.82. The van der Waals surface area contributed by atoms with Gasteiger partial charge in [-0.2, -0.15) is 11.8 Å². The van der Waals surface area contributed by atoms with Crippen molar-refractivity contribution in [2.75, 3.05) is 6.26 Å². The molecule has 0 aliphatic heterocycles. The highest BCUT2D eigenvalue weighted by Crippen LogP contribution is 2.22. The van der Waals surface area contributed by atoms with Crippen LogP contribution < -0.4 is 5.73 Å². The third kappa shape index (κ3) is 2.75. The summed E-state index contributed by atoms with van der Waals surface area (Å²) in [5.41, 5.74) is 8.59. The van der Waals surface area contributed by atoms with Gasteiger partial charge in [0.2, 0.25) is 0 Å². The van der Waals surface area contributed by atoms with E-state index in [1.807, 2.05) is 0 Å². The number of thioether (sulfide) groups is 1. The molecule has 0 amide bonds. The van der Waals surface area contributed by atoms with Gasteiger partial charge in [-0.1, -0.05) is 36.8 Å². The zero-order valence-electron chi connectivity index (χ0n) is 8.45. The molecule has 2 unspecified atom stereocenters. The van der Waals surface area contributed by atoms with Gasteiger partial charge in [0.1, 0.15) is 0 Å². The molecule has 1 aromatic rings. The molecule has 1 rings (SSSR count). The lowest BCUT2D eigenvalue weighted by Gasteiger charge is -2.18. The molecule has 1 nitrogen and oxygen atoms in total. The minimum Gasteiger partial charge on any atom is -0.323 e. The molecule has 0 aromatic heterocycles. The molecular weight excluding hydrogens is 178 g/mol. The van der Waals surface area contributed by atoms with Gasteiger partial charge in [0.25, 0.3) is 0 Å². The summed E-state index contributed by atoms with van der Waals surface area (Å²) in [7, 11) is 0. The Morgan fingerprint density at radius 3 is 2.23 bits per heavy atom. The van der Waals surface area contributed by atoms with Crippen LogP contribution in [0.25, 0.3) is 0 Å². The van der Waals surface area contributed by atoms with Crippen LogP contribution in [0.1, 0.15) is 24.1 Å². The Hall–Kier alpha value is -0.470. The first kappa shape index (κ1) is 10.6. The van der Waals surface area contributed by atoms with Crippen molar-refractivity contribution in [3.05, 3.63) is 35.4 Å². The molecule has 2 atom stereocenters. The number of rotatable bonds is 3. The molecule has 0 bridgehead atoms. The van der Waals surface area contributed by atoms with E-state index in [4.69, 9.17) is 5.73 Å². The molecule has 72 valence electrons. The summed E-state index contributed by atoms with van der Waals surface area (Å²) in [6.45, 7) is 4.25. The van der Waals surface area contributed by atoms with E-state index in [0.717, 1.165) is 0 Å². The van der Waals surface area contributed by atoms with Crippen LogP contribution in [0.3, 0.4) is 0 Å². The van der Waals surface area contributed by atoms with Crippen molar-refractivity contribution in [3.8, 4) is 0 Å². The minimum absolute atomic E-state index is 0.149. The van der Waals surface area contributed by atoms with Crippen molar-refractivity contribution in [3.63, 3.8) is 0 Å². The largest absolute Gasteiger partial charge is 0.323 e. The molecule has 0 saturated heterocycles. The van der Waals surface area contributed by atoms with Gasteiger partial charge < -0.3 is 5.73 Å². The van der Waals surface area contributed by atoms with Crippen molar-refractivity contribution in [2.24, 2.45) is 5.73 Å². The lowest BCUT2D eigenvalue weighted by molar-refractivity contribution is 0.716. The molecule has 1 aromatic carbocycles. The Balaban J connectivity index is 2.77. The highest BCUT2D eigenvalue weighted by atomic mass is 32.2. The predicted molar refractivity (Wildman–Crippen MR) is 61.1 cm³/mol. The molecule has 2 heteroatoms. The van der Waals surface area contributed by atoms with Crippen LogP contribution in [0.2, 0.25) is 0 Å². The first-order valence-electron chi connectivity index (χ1n) is 4.50. The normalized spacial score (nSPS) is 15.4. The fourth-order valence-corrected chi connectivity index (χ4v) is 1.66. The van der Waals surface area contributed by atoms with E-state index >= 15 is 0 Å². The molecule has 0 radical (unpaired) electrons. The highest BCUT2D eigenvalue weighted by Gasteiger charge is 2.12. The van der Waals surface area contributed by atoms with E-state index in [2.05, 4.69) is 44.4 Å². The monoisotopic (exact) mass is 195 g/mol. The maximum Gasteiger partial charge on any atom is 0.0412 e. The fraction of sp³-hybridized carbons (Fsp3) is 0.455. The molecule has 0 saturated carbocycles. The first-order chi connectivity index (χ1) is 6.15. The van der Waals surface area contributed by atoms with Gasteiger partial charge >= 0.3 is 0 Å². The maximum absolute atomic E-state index is 6.08. The summed E-state index contributed by atoms with van der Waals surface area (Å²) >= 11 is 1.81. The van der Waals surface area contributed by atoms with E-state index in [-0.39, 0.29) is 6.04 Å². The minimum atomic E-state index is 0.149. The zero-order valence-corrected chi connectivity index (χ0v) is 9.27. The Morgan fingerprint density at radius 2 is 1.77 bits per heavy atom. The van der Waals surface area contributed by atoms with E-state index in [1.165, 1.54) is 11.1 Å². The molecule has 13 heavy (non-hydrogen) atoms. The standard InChI is InChI=1S/C11H17NS/c1-8-4-6-10(7-5-8)11(12)9(2)13-3/h4-7,9,11H,12H2,1-3H3. The second-order valence-electron chi connectivity index (χ2n) is 3.38. The Bertz CT molecular complexity index is 255. The van der Waals surface area contributed by atoms with Crippen LogP contribution in [0.5, 0.6) is 0 Å². The zero-order chi connectivity index (χ0) is 9.84. The van der Waals surface area contributed by atoms with Crippen molar-refractivity contribution >= 4 is 11.8 Å². The number of aryl methyl sites for hydroxylation is 1. The first-order valence-corrected chi connectivity index (χ1v) is 5.79. The number of nitrogens with two attached hydrogens (primary N) is 1. The van der Waals surface area contributed by atoms with Gasteiger partial charge in [0.05, 0.1) is 0 Å². The van der Waals surface area contributed by atoms with Crippen molar-refractivity contribution in [1.29, 1.82) is 0 Å². The Labute approximate surface area is 84.7 Å². The van der Waals surface area contributed by atoms with Crippen LogP contribution in [0.4, 0.5) is 0 Å². The average molecular weight is 195 g/mol. The highest BCUT2D eigenvalue weighted by molar-refractivity contribution is 7.99. The van der Waals surface area contributed by atoms with Crippen LogP contribution in [0.15, 0.2) is 24.3 Å². The Morgan fingerprint density at radius 1 is 1.23 bits per heavy atom. The van der Waals surface area contributed by atoms with Gasteiger partial charge in [-0.25, -0.2) is 0 Å². The quantitative estimate of drug-likeness (QED) is 0.802. The summed E-state index contributed by atoms with van der Waals surface area (Å²) in [5.74, 6) is 0. The summed E-state index contributed by atoms with van der Waals surface area (Å²) in [4.78, 5) is 0. The van der Waals surface area contributed by atoms with Gasteiger partial charge in [0.15, 0.2) is 0 Å². The van der Waals surface area contributed by atoms with Crippen molar-refractivity contribution in [2.45, 2.75) is 25.1 Å². The lowest BCUT2D eigenvalue weighted by Crippen LogP contribution is -2.20. The third-order valence-corrected chi connectivity index (χ3v) is 3.38. The van der Waals surface area contributed by atoms with Crippen LogP contribution >= 0.6 is 11.8 Å². The molecule has 0 spiro atoms. The second-order valence-corrected chi connectivity index (χ2v) is 4.59. The van der Waals surface area contributed by atoms with Gasteiger partial charge in [-0.3, -0.25) is 0 Å². The molecule has 0 fully saturated rings. The van der Waals surface area contributed by atoms with Gasteiger partial charge in [-0.15, -0.1) is 0 Å². The summed E-state index contributed by atoms with van der Waals surface area (Å²) in [5, 5.41) is 0.475. The molecular formula is C11H17NS. The number of hydrogen-bond donors (Lipinski definition) is 1. The number of hydrogen-bond acceptors (Lipinski definition) is 2. The fourth-order valence-electron chi connectivity index (χ4n) is 1.21. The third-order valence-electron chi connectivity index (χ3n) is 2.34. The summed E-state index contributed by atoms with van der Waals surface area (Å²) in [6.07, 6.45) is 2.10. The topological polar surface area (TPSA) is 26.0 Å². The van der Waals surface area contributed by atoms with Crippen LogP contribution in [-0.2, 0) is 0 Å². The lowest BCUT2D eigenvalue weighted by atomic mass is 10.0. The average Bonchev–Trinajstić information content (AvgIpc) is 2.17. The molecule has 0 heterocycles. The summed E-state index contributed by atoms with van der Waals surface area (Å²) < 4.78 is 0. The molecule has 0 aliphatic rings. The van der Waals surface area contributed by atoms with Gasteiger partial charge in [-0.05, 0) is 18.7 Å². The molecule has 0 aliphatic carbocycles. The van der Waals surface area contributed by atoms with Crippen molar-refractivity contribution < 1.29 is 0 Å². The van der Waals surface area contributed by atoms with Crippen molar-refractivity contribution in [1.82, 2.24) is 0 Å². The number of benzene rings is 1. The van der Waals surface area contributed by atoms with E-state index < -0.39 is 0 Å². The smallest absolute Gasteiger partial charge is 0.0412 e. The van der Waals surface area contributed by atoms with Gasteiger partial charge in [0, 0.05) is 11.3 Å². The second kappa shape index (κ2) is 4.68. The van der Waals surface area contributed by atoms with E-state index in [1.54, 1.807) is 11.8 Å². The van der Waals surface area contributed by atoms with Crippen LogP contribution in [0, 0.1) is 6.92 Å². The predicted octanol–water partition coefficient (Wildman–Crippen LogP) is 2.75. The molecule has 2 N–H and O–H groups in total. The maximum atomic E-state index is 6.08. The summed E-state index contributed by atoms with van der Waals surface area (Å²) in [6, 6.07) is 8.61. The van der Waals surface area contributed by atoms with E-state index in [9.17, 15) is 0 Å². The SMILES string of the molecule is CSC(C)C(N)c1ccc(C)cc1. The van der Waals surface area contributed by atoms with E-state index in [0.29, 0.717) is 5.25 Å².